The first-order chi connectivity index (χ1) is 41.1. The van der Waals surface area contributed by atoms with Crippen molar-refractivity contribution in [3.63, 3.8) is 0 Å². The summed E-state index contributed by atoms with van der Waals surface area (Å²) < 4.78 is 0. The van der Waals surface area contributed by atoms with Crippen molar-refractivity contribution in [1.29, 1.82) is 0 Å². The summed E-state index contributed by atoms with van der Waals surface area (Å²) in [6, 6.07) is 0. The molecule has 18 nitrogen and oxygen atoms in total. The van der Waals surface area contributed by atoms with E-state index in [-0.39, 0.29) is 0 Å². The normalized spacial score (nSPS) is 13.8. The van der Waals surface area contributed by atoms with Crippen LogP contribution in [0, 0.1) is 0 Å². The van der Waals surface area contributed by atoms with Crippen LogP contribution in [-0.2, 0) is 24.0 Å². The Morgan fingerprint density at radius 2 is 0.384 bits per heavy atom. The van der Waals surface area contributed by atoms with Gasteiger partial charge < -0.3 is 66.4 Å². The summed E-state index contributed by atoms with van der Waals surface area (Å²) in [5.74, 6) is -3.41. The molecule has 0 aliphatic rings. The van der Waals surface area contributed by atoms with Gasteiger partial charge in [-0.15, -0.1) is 0 Å². The van der Waals surface area contributed by atoms with Crippen molar-refractivity contribution >= 4 is 29.5 Å². The highest BCUT2D eigenvalue weighted by atomic mass is 16.4. The van der Waals surface area contributed by atoms with Gasteiger partial charge in [0.1, 0.15) is 48.8 Å². The molecule has 0 saturated carbocycles. The average Bonchev–Trinajstić information content (AvgIpc) is 3.52. The molecule has 0 aliphatic carbocycles. The number of carboxylic acids is 3. The van der Waals surface area contributed by atoms with Crippen molar-refractivity contribution in [2.24, 2.45) is 0 Å². The van der Waals surface area contributed by atoms with E-state index in [4.69, 9.17) is 66.4 Å². The van der Waals surface area contributed by atoms with Gasteiger partial charge in [-0.3, -0.25) is 24.0 Å². The fourth-order valence-electron chi connectivity index (χ4n) is 9.47. The van der Waals surface area contributed by atoms with Crippen molar-refractivity contribution in [3.8, 4) is 0 Å². The van der Waals surface area contributed by atoms with Crippen molar-refractivity contribution < 1.29 is 90.4 Å². The van der Waals surface area contributed by atoms with Crippen LogP contribution >= 0.6 is 0 Å². The molecule has 0 spiro atoms. The van der Waals surface area contributed by atoms with E-state index in [1.165, 1.54) is 250 Å². The number of aliphatic hydroxyl groups is 10. The summed E-state index contributed by atoms with van der Waals surface area (Å²) in [5.41, 5.74) is 0. The number of hydrogen-bond donors (Lipinski definition) is 13. The van der Waals surface area contributed by atoms with Gasteiger partial charge in [-0.05, 0) is 33.1 Å². The number of ketones is 2. The first kappa shape index (κ1) is 92.1. The van der Waals surface area contributed by atoms with E-state index >= 15 is 0 Å². The number of rotatable bonds is 58. The van der Waals surface area contributed by atoms with Crippen LogP contribution in [0.1, 0.15) is 343 Å². The second-order valence-electron chi connectivity index (χ2n) is 23.9. The SMILES string of the molecule is CC(=O)[C@H](O)[C@@H](O)[C@H](O)[C@H](O)CO.CC(=O)[C@H](O)[C@@H](O)[C@H](O)[C@H](O)CO.CCCCCCCCCCCCCCCCCC(=O)O.CCCCCCCCCCCCCCCCCC(=O)O.CCCCCCCCCCCCCCCCCC(=O)O. The van der Waals surface area contributed by atoms with Gasteiger partial charge >= 0.3 is 17.9 Å². The van der Waals surface area contributed by atoms with Crippen LogP contribution < -0.4 is 0 Å². The Balaban J connectivity index is -0.000000322. The molecule has 0 unspecified atom stereocenters. The lowest BCUT2D eigenvalue weighted by atomic mass is 10.0. The van der Waals surface area contributed by atoms with Crippen LogP contribution in [0.25, 0.3) is 0 Å². The van der Waals surface area contributed by atoms with Gasteiger partial charge in [-0.1, -0.05) is 290 Å². The molecule has 0 radical (unpaired) electrons. The van der Waals surface area contributed by atoms with E-state index in [2.05, 4.69) is 20.8 Å². The molecular formula is C68H136O18. The summed E-state index contributed by atoms with van der Waals surface area (Å²) in [6.45, 7) is 7.36. The summed E-state index contributed by atoms with van der Waals surface area (Å²) in [7, 11) is 0. The predicted octanol–water partition coefficient (Wildman–Crippen LogP) is 13.0. The molecule has 0 bridgehead atoms. The number of aliphatic hydroxyl groups excluding tert-OH is 10. The molecule has 8 atom stereocenters. The van der Waals surface area contributed by atoms with Crippen LogP contribution in [0.15, 0.2) is 0 Å². The molecule has 0 aromatic carbocycles. The highest BCUT2D eigenvalue weighted by Gasteiger charge is 2.33. The van der Waals surface area contributed by atoms with Gasteiger partial charge in [-0.25, -0.2) is 0 Å². The third-order valence-electron chi connectivity index (χ3n) is 15.3. The monoisotopic (exact) mass is 1240 g/mol. The minimum absolute atomic E-state index is 0.345. The first-order valence-electron chi connectivity index (χ1n) is 34.5. The molecule has 13 N–H and O–H groups in total. The minimum atomic E-state index is -1.79. The van der Waals surface area contributed by atoms with Gasteiger partial charge in [0.25, 0.3) is 0 Å². The number of Topliss-reactive ketones (excluding diaryl/α,β-unsaturated/α-hetero) is 2. The van der Waals surface area contributed by atoms with E-state index in [1.54, 1.807) is 0 Å². The predicted molar refractivity (Wildman–Crippen MR) is 345 cm³/mol. The molecule has 0 aromatic heterocycles. The fourth-order valence-corrected chi connectivity index (χ4v) is 9.47. The Kier molecular flexibility index (Phi) is 78.3. The first-order valence-corrected chi connectivity index (χ1v) is 34.5. The molecule has 0 saturated heterocycles. The van der Waals surface area contributed by atoms with E-state index in [1.807, 2.05) is 0 Å². The smallest absolute Gasteiger partial charge is 0.303 e. The van der Waals surface area contributed by atoms with E-state index < -0.39 is 91.5 Å². The van der Waals surface area contributed by atoms with Crippen molar-refractivity contribution in [3.05, 3.63) is 0 Å². The Morgan fingerprint density at radius 1 is 0.244 bits per heavy atom. The molecular weight excluding hydrogens is 1100 g/mol. The molecule has 0 fully saturated rings. The molecule has 516 valence electrons. The fraction of sp³-hybridized carbons (Fsp3) is 0.926. The van der Waals surface area contributed by atoms with Gasteiger partial charge in [0.05, 0.1) is 13.2 Å². The molecule has 0 amide bonds. The quantitative estimate of drug-likeness (QED) is 0.0252. The van der Waals surface area contributed by atoms with E-state index in [0.717, 1.165) is 52.4 Å². The Hall–Kier alpha value is -2.65. The molecule has 0 aliphatic heterocycles. The van der Waals surface area contributed by atoms with Crippen molar-refractivity contribution in [1.82, 2.24) is 0 Å². The second kappa shape index (κ2) is 73.1. The number of unbranched alkanes of at least 4 members (excludes halogenated alkanes) is 42. The third kappa shape index (κ3) is 73.8. The number of hydrogen-bond acceptors (Lipinski definition) is 15. The summed E-state index contributed by atoms with van der Waals surface area (Å²) in [6.07, 6.45) is 46.9. The largest absolute Gasteiger partial charge is 0.481 e. The maximum Gasteiger partial charge on any atom is 0.303 e. The minimum Gasteiger partial charge on any atom is -0.481 e. The summed E-state index contributed by atoms with van der Waals surface area (Å²) >= 11 is 0. The lowest BCUT2D eigenvalue weighted by molar-refractivity contribution is -0.145. The second-order valence-corrected chi connectivity index (χ2v) is 23.9. The van der Waals surface area contributed by atoms with E-state index in [9.17, 15) is 24.0 Å². The van der Waals surface area contributed by atoms with Crippen LogP contribution in [0.3, 0.4) is 0 Å². The molecule has 0 aromatic rings. The number of carbonyl (C=O) groups excluding carboxylic acids is 2. The summed E-state index contributed by atoms with van der Waals surface area (Å²) in [5, 5.41) is 114. The van der Waals surface area contributed by atoms with Crippen LogP contribution in [0.2, 0.25) is 0 Å². The standard InChI is InChI=1S/3C18H36O2.2C7H14O6/c3*1-2-3-4-5-6-7-8-9-10-11-12-13-14-15-16-17-18(19)20;2*1-3(9)5(11)7(13)6(12)4(10)2-8/h3*2-17H2,1H3,(H,19,20);2*4-8,10-13H,2H2,1H3/t;;;2*4-,5+,6-,7-/m...11/s1. The zero-order chi connectivity index (χ0) is 65.9. The number of carboxylic acid groups (broad SMARTS) is 3. The third-order valence-corrected chi connectivity index (χ3v) is 15.3. The summed E-state index contributed by atoms with van der Waals surface area (Å²) in [4.78, 5) is 52.1. The molecule has 0 heterocycles. The van der Waals surface area contributed by atoms with Crippen LogP contribution in [0.4, 0.5) is 0 Å². The highest BCUT2D eigenvalue weighted by Crippen LogP contribution is 2.17. The Labute approximate surface area is 522 Å². The van der Waals surface area contributed by atoms with Gasteiger partial charge in [0, 0.05) is 19.3 Å². The molecule has 0 rings (SSSR count). The maximum atomic E-state index is 10.5. The molecule has 86 heavy (non-hydrogen) atoms. The number of aliphatic carboxylic acids is 3. The topological polar surface area (TPSA) is 348 Å². The van der Waals surface area contributed by atoms with Gasteiger partial charge in [0.15, 0.2) is 11.6 Å². The lowest BCUT2D eigenvalue weighted by Crippen LogP contribution is -2.48. The lowest BCUT2D eigenvalue weighted by Gasteiger charge is -2.23. The highest BCUT2D eigenvalue weighted by molar-refractivity contribution is 5.81. The van der Waals surface area contributed by atoms with Crippen LogP contribution in [0.5, 0.6) is 0 Å². The Morgan fingerprint density at radius 3 is 0.500 bits per heavy atom. The van der Waals surface area contributed by atoms with Crippen molar-refractivity contribution in [2.75, 3.05) is 13.2 Å². The van der Waals surface area contributed by atoms with Crippen LogP contribution in [-0.4, -0.2) is 158 Å². The van der Waals surface area contributed by atoms with Gasteiger partial charge in [0.2, 0.25) is 0 Å². The molecule has 18 heteroatoms. The van der Waals surface area contributed by atoms with Gasteiger partial charge in [-0.2, -0.15) is 0 Å². The average molecular weight is 1240 g/mol. The van der Waals surface area contributed by atoms with E-state index in [0.29, 0.717) is 19.3 Å². The zero-order valence-electron chi connectivity index (χ0n) is 55.3. The number of carbonyl (C=O) groups is 5. The van der Waals surface area contributed by atoms with Crippen molar-refractivity contribution in [2.45, 2.75) is 392 Å². The maximum absolute atomic E-state index is 10.5. The Bertz CT molecular complexity index is 1290. The zero-order valence-corrected chi connectivity index (χ0v) is 55.3.